The summed E-state index contributed by atoms with van der Waals surface area (Å²) in [7, 11) is 0. The number of carbonyl (C=O) groups is 1. The molecule has 0 radical (unpaired) electrons. The Labute approximate surface area is 142 Å². The van der Waals surface area contributed by atoms with Crippen LogP contribution in [-0.2, 0) is 14.2 Å². The zero-order valence-electron chi connectivity index (χ0n) is 13.6. The van der Waals surface area contributed by atoms with E-state index in [1.807, 2.05) is 0 Å². The van der Waals surface area contributed by atoms with Crippen LogP contribution in [0.1, 0.15) is 20.1 Å². The smallest absolute Gasteiger partial charge is 0.317 e. The molecule has 4 heterocycles. The summed E-state index contributed by atoms with van der Waals surface area (Å²) in [6.07, 6.45) is 0.837. The third-order valence-electron chi connectivity index (χ3n) is 4.18. The summed E-state index contributed by atoms with van der Waals surface area (Å²) in [6, 6.07) is -0.749. The van der Waals surface area contributed by atoms with Crippen LogP contribution in [0.15, 0.2) is 12.7 Å². The van der Waals surface area contributed by atoms with Gasteiger partial charge < -0.3 is 25.1 Å². The second-order valence-electron chi connectivity index (χ2n) is 6.35. The van der Waals surface area contributed by atoms with Crippen LogP contribution in [0.25, 0.3) is 11.2 Å². The molecule has 2 aliphatic rings. The highest BCUT2D eigenvalue weighted by molar-refractivity contribution is 5.95. The molecule has 2 fully saturated rings. The van der Waals surface area contributed by atoms with E-state index < -0.39 is 36.4 Å². The number of aliphatic hydroxyl groups excluding tert-OH is 1. The average molecular weight is 350 g/mol. The third-order valence-corrected chi connectivity index (χ3v) is 4.18. The van der Waals surface area contributed by atoms with Gasteiger partial charge in [0.05, 0.1) is 12.9 Å². The molecule has 0 aromatic carbocycles. The van der Waals surface area contributed by atoms with Crippen LogP contribution in [0.5, 0.6) is 0 Å². The number of ether oxygens (including phenoxy) is 3. The molecular formula is C14H18N6O5. The number of hydrogen-bond acceptors (Lipinski definition) is 8. The lowest BCUT2D eigenvalue weighted by Gasteiger charge is -2.24. The molecule has 2 amide bonds. The van der Waals surface area contributed by atoms with Crippen molar-refractivity contribution in [3.8, 4) is 0 Å². The fourth-order valence-corrected chi connectivity index (χ4v) is 3.28. The van der Waals surface area contributed by atoms with E-state index in [1.165, 1.54) is 12.7 Å². The number of fused-ring (bicyclic) bond motifs is 2. The number of nitrogens with one attached hydrogen (secondary N) is 1. The second kappa shape index (κ2) is 5.59. The van der Waals surface area contributed by atoms with Crippen LogP contribution >= 0.6 is 0 Å². The van der Waals surface area contributed by atoms with E-state index in [0.717, 1.165) is 0 Å². The Bertz CT molecular complexity index is 823. The van der Waals surface area contributed by atoms with Crippen molar-refractivity contribution in [2.24, 2.45) is 5.73 Å². The van der Waals surface area contributed by atoms with E-state index in [0.29, 0.717) is 11.2 Å². The minimum atomic E-state index is -0.783. The van der Waals surface area contributed by atoms with Gasteiger partial charge in [-0.2, -0.15) is 0 Å². The fraction of sp³-hybridized carbons (Fsp3) is 0.571. The Balaban J connectivity index is 1.73. The predicted octanol–water partition coefficient (Wildman–Crippen LogP) is -0.273. The number of amides is 2. The first-order chi connectivity index (χ1) is 11.9. The zero-order chi connectivity index (χ0) is 17.8. The Hall–Kier alpha value is -2.34. The summed E-state index contributed by atoms with van der Waals surface area (Å²) in [6.45, 7) is 3.41. The number of hydrogen-bond donors (Lipinski definition) is 3. The van der Waals surface area contributed by atoms with Gasteiger partial charge in [-0.05, 0) is 13.8 Å². The molecular weight excluding hydrogens is 332 g/mol. The highest BCUT2D eigenvalue weighted by Gasteiger charge is 2.55. The molecule has 4 unspecified atom stereocenters. The van der Waals surface area contributed by atoms with E-state index in [1.54, 1.807) is 18.4 Å². The van der Waals surface area contributed by atoms with Crippen LogP contribution in [0.2, 0.25) is 0 Å². The van der Waals surface area contributed by atoms with E-state index >= 15 is 0 Å². The minimum Gasteiger partial charge on any atom is -0.394 e. The quantitative estimate of drug-likeness (QED) is 0.685. The first-order valence-electron chi connectivity index (χ1n) is 7.75. The summed E-state index contributed by atoms with van der Waals surface area (Å²) in [5.74, 6) is -0.581. The first-order valence-corrected chi connectivity index (χ1v) is 7.75. The van der Waals surface area contributed by atoms with Crippen LogP contribution in [0.3, 0.4) is 0 Å². The maximum absolute atomic E-state index is 11.1. The lowest BCUT2D eigenvalue weighted by atomic mass is 10.1. The monoisotopic (exact) mass is 350 g/mol. The van der Waals surface area contributed by atoms with Crippen molar-refractivity contribution in [1.82, 2.24) is 19.5 Å². The molecule has 2 aromatic rings. The number of carbonyl (C=O) groups excluding carboxylic acids is 1. The summed E-state index contributed by atoms with van der Waals surface area (Å²) >= 11 is 0. The topological polar surface area (TPSA) is 147 Å². The largest absolute Gasteiger partial charge is 0.394 e. The molecule has 2 saturated heterocycles. The fourth-order valence-electron chi connectivity index (χ4n) is 3.28. The van der Waals surface area contributed by atoms with Gasteiger partial charge in [0.15, 0.2) is 29.0 Å². The lowest BCUT2D eigenvalue weighted by Crippen LogP contribution is -2.31. The Morgan fingerprint density at radius 2 is 2.12 bits per heavy atom. The average Bonchev–Trinajstić information content (AvgIpc) is 3.17. The summed E-state index contributed by atoms with van der Waals surface area (Å²) < 4.78 is 19.4. The van der Waals surface area contributed by atoms with Crippen molar-refractivity contribution < 1.29 is 24.1 Å². The summed E-state index contributed by atoms with van der Waals surface area (Å²) in [5.41, 5.74) is 5.95. The molecule has 2 aliphatic heterocycles. The molecule has 2 aromatic heterocycles. The normalized spacial score (nSPS) is 30.5. The molecule has 0 bridgehead atoms. The molecule has 11 nitrogen and oxygen atoms in total. The third kappa shape index (κ3) is 2.61. The zero-order valence-corrected chi connectivity index (χ0v) is 13.6. The molecule has 11 heteroatoms. The maximum atomic E-state index is 11.1. The molecule has 4 N–H and O–H groups in total. The number of aliphatic hydroxyl groups is 1. The summed E-state index contributed by atoms with van der Waals surface area (Å²) in [4.78, 5) is 23.5. The van der Waals surface area contributed by atoms with Crippen LogP contribution in [-0.4, -0.2) is 61.4 Å². The van der Waals surface area contributed by atoms with Crippen LogP contribution in [0.4, 0.5) is 10.6 Å². The van der Waals surface area contributed by atoms with Gasteiger partial charge in [-0.3, -0.25) is 9.88 Å². The molecule has 4 rings (SSSR count). The van der Waals surface area contributed by atoms with Crippen molar-refractivity contribution in [3.63, 3.8) is 0 Å². The van der Waals surface area contributed by atoms with Crippen molar-refractivity contribution in [1.29, 1.82) is 0 Å². The standard InChI is InChI=1S/C14H18N6O5/c1-14(2)24-8-6(3-21)23-12(9(8)25-14)20-5-18-7-10(19-13(15)22)16-4-17-11(7)20/h4-6,8-9,12,21H,3H2,1-2H3,(H3,15,16,17,19,22). The first kappa shape index (κ1) is 16.1. The van der Waals surface area contributed by atoms with Crippen molar-refractivity contribution in [2.75, 3.05) is 11.9 Å². The summed E-state index contributed by atoms with van der Waals surface area (Å²) in [5, 5.41) is 12.0. The lowest BCUT2D eigenvalue weighted by molar-refractivity contribution is -0.199. The van der Waals surface area contributed by atoms with Crippen LogP contribution in [0, 0.1) is 0 Å². The highest BCUT2D eigenvalue weighted by atomic mass is 16.8. The van der Waals surface area contributed by atoms with Crippen molar-refractivity contribution in [2.45, 2.75) is 44.2 Å². The van der Waals surface area contributed by atoms with E-state index in [-0.39, 0.29) is 12.4 Å². The predicted molar refractivity (Wildman–Crippen MR) is 83.3 cm³/mol. The van der Waals surface area contributed by atoms with Crippen LogP contribution < -0.4 is 11.1 Å². The van der Waals surface area contributed by atoms with Gasteiger partial charge in [0, 0.05) is 0 Å². The van der Waals surface area contributed by atoms with Gasteiger partial charge in [-0.25, -0.2) is 19.7 Å². The van der Waals surface area contributed by atoms with Gasteiger partial charge in [-0.15, -0.1) is 0 Å². The van der Waals surface area contributed by atoms with Crippen molar-refractivity contribution >= 4 is 23.0 Å². The molecule has 134 valence electrons. The number of nitrogens with zero attached hydrogens (tertiary/aromatic N) is 4. The van der Waals surface area contributed by atoms with Gasteiger partial charge in [0.2, 0.25) is 0 Å². The SMILES string of the molecule is CC1(C)OC2C(CO)OC(n3cnc4c(NC(N)=O)ncnc43)C2O1. The number of anilines is 1. The minimum absolute atomic E-state index is 0.201. The number of rotatable bonds is 3. The van der Waals surface area contributed by atoms with Gasteiger partial charge in [0.1, 0.15) is 24.6 Å². The Morgan fingerprint density at radius 3 is 2.84 bits per heavy atom. The molecule has 4 atom stereocenters. The van der Waals surface area contributed by atoms with Gasteiger partial charge in [0.25, 0.3) is 0 Å². The Kier molecular flexibility index (Phi) is 3.61. The van der Waals surface area contributed by atoms with Gasteiger partial charge in [-0.1, -0.05) is 0 Å². The van der Waals surface area contributed by atoms with E-state index in [4.69, 9.17) is 19.9 Å². The molecule has 0 aliphatic carbocycles. The number of aromatic nitrogens is 4. The molecule has 0 spiro atoms. The van der Waals surface area contributed by atoms with Gasteiger partial charge >= 0.3 is 6.03 Å². The van der Waals surface area contributed by atoms with Crippen molar-refractivity contribution in [3.05, 3.63) is 12.7 Å². The van der Waals surface area contributed by atoms with E-state index in [9.17, 15) is 9.90 Å². The van der Waals surface area contributed by atoms with E-state index in [2.05, 4.69) is 20.3 Å². The molecule has 25 heavy (non-hydrogen) atoms. The number of nitrogens with two attached hydrogens (primary N) is 1. The highest BCUT2D eigenvalue weighted by Crippen LogP contribution is 2.43. The maximum Gasteiger partial charge on any atom is 0.317 e. The number of imidazole rings is 1. The Morgan fingerprint density at radius 1 is 1.36 bits per heavy atom. The number of primary amides is 1. The number of urea groups is 1. The second-order valence-corrected chi connectivity index (χ2v) is 6.35. The molecule has 0 saturated carbocycles.